The van der Waals surface area contributed by atoms with Gasteiger partial charge < -0.3 is 4.90 Å². The standard InChI is InChI=1S/C17H20N4O/c1-12-10-13(2)21-15(18-12)11-14(19-21)16(22)20-9-5-8-17(20)6-3-4-7-17/h3-4,10-11H,5-9H2,1-2H3. The van der Waals surface area contributed by atoms with Gasteiger partial charge in [0, 0.05) is 24.0 Å². The molecule has 1 aliphatic carbocycles. The summed E-state index contributed by atoms with van der Waals surface area (Å²) in [6.45, 7) is 4.78. The summed E-state index contributed by atoms with van der Waals surface area (Å²) in [4.78, 5) is 19.5. The Bertz CT molecular complexity index is 781. The number of nitrogens with zero attached hydrogens (tertiary/aromatic N) is 4. The molecule has 0 bridgehead atoms. The number of fused-ring (bicyclic) bond motifs is 1. The molecule has 114 valence electrons. The average Bonchev–Trinajstić information content (AvgIpc) is 3.19. The fourth-order valence-corrected chi connectivity index (χ4v) is 3.90. The SMILES string of the molecule is Cc1cc(C)n2nc(C(=O)N3CCCC34CC=CC4)cc2n1. The number of rotatable bonds is 1. The van der Waals surface area contributed by atoms with Crippen molar-refractivity contribution in [2.45, 2.75) is 45.1 Å². The molecule has 1 aliphatic heterocycles. The molecular weight excluding hydrogens is 276 g/mol. The number of hydrogen-bond donors (Lipinski definition) is 0. The average molecular weight is 296 g/mol. The first-order chi connectivity index (χ1) is 10.6. The monoisotopic (exact) mass is 296 g/mol. The number of aromatic nitrogens is 3. The molecule has 0 saturated carbocycles. The van der Waals surface area contributed by atoms with Crippen molar-refractivity contribution in [3.05, 3.63) is 41.4 Å². The van der Waals surface area contributed by atoms with Crippen molar-refractivity contribution in [2.75, 3.05) is 6.54 Å². The summed E-state index contributed by atoms with van der Waals surface area (Å²) >= 11 is 0. The van der Waals surface area contributed by atoms with Gasteiger partial charge in [-0.05, 0) is 45.6 Å². The number of aryl methyl sites for hydroxylation is 2. The largest absolute Gasteiger partial charge is 0.331 e. The molecule has 2 aromatic rings. The van der Waals surface area contributed by atoms with E-state index in [-0.39, 0.29) is 11.4 Å². The molecule has 1 saturated heterocycles. The molecule has 22 heavy (non-hydrogen) atoms. The summed E-state index contributed by atoms with van der Waals surface area (Å²) in [5, 5.41) is 4.49. The van der Waals surface area contributed by atoms with E-state index in [2.05, 4.69) is 22.2 Å². The van der Waals surface area contributed by atoms with Crippen LogP contribution >= 0.6 is 0 Å². The molecule has 2 aliphatic rings. The minimum atomic E-state index is 0.00523. The highest BCUT2D eigenvalue weighted by molar-refractivity contribution is 5.94. The van der Waals surface area contributed by atoms with Gasteiger partial charge in [-0.3, -0.25) is 4.79 Å². The zero-order chi connectivity index (χ0) is 15.3. The molecule has 2 aromatic heterocycles. The van der Waals surface area contributed by atoms with Gasteiger partial charge in [0.1, 0.15) is 0 Å². The second kappa shape index (κ2) is 4.66. The second-order valence-corrected chi connectivity index (χ2v) is 6.50. The Morgan fingerprint density at radius 2 is 2.00 bits per heavy atom. The maximum atomic E-state index is 13.0. The Kier molecular flexibility index (Phi) is 2.86. The predicted octanol–water partition coefficient (Wildman–Crippen LogP) is 2.67. The van der Waals surface area contributed by atoms with Crippen molar-refractivity contribution >= 4 is 11.6 Å². The van der Waals surface area contributed by atoms with Gasteiger partial charge in [0.25, 0.3) is 5.91 Å². The highest BCUT2D eigenvalue weighted by atomic mass is 16.2. The van der Waals surface area contributed by atoms with E-state index >= 15 is 0 Å². The van der Waals surface area contributed by atoms with Crippen molar-refractivity contribution in [3.8, 4) is 0 Å². The first-order valence-electron chi connectivity index (χ1n) is 7.90. The van der Waals surface area contributed by atoms with E-state index in [4.69, 9.17) is 0 Å². The summed E-state index contributed by atoms with van der Waals surface area (Å²) in [5.41, 5.74) is 3.21. The second-order valence-electron chi connectivity index (χ2n) is 6.50. The molecule has 0 radical (unpaired) electrons. The maximum absolute atomic E-state index is 13.0. The summed E-state index contributed by atoms with van der Waals surface area (Å²) in [7, 11) is 0. The number of carbonyl (C=O) groups excluding carboxylic acids is 1. The third kappa shape index (κ3) is 1.88. The number of likely N-dealkylation sites (tertiary alicyclic amines) is 1. The number of amides is 1. The molecule has 1 fully saturated rings. The fraction of sp³-hybridized carbons (Fsp3) is 0.471. The van der Waals surface area contributed by atoms with E-state index < -0.39 is 0 Å². The zero-order valence-corrected chi connectivity index (χ0v) is 13.0. The fourth-order valence-electron chi connectivity index (χ4n) is 3.90. The zero-order valence-electron chi connectivity index (χ0n) is 13.0. The predicted molar refractivity (Wildman–Crippen MR) is 83.8 cm³/mol. The van der Waals surface area contributed by atoms with E-state index in [1.165, 1.54) is 0 Å². The van der Waals surface area contributed by atoms with Crippen LogP contribution in [0.1, 0.15) is 47.6 Å². The molecule has 1 spiro atoms. The minimum absolute atomic E-state index is 0.00523. The van der Waals surface area contributed by atoms with Crippen LogP contribution in [0.3, 0.4) is 0 Å². The molecule has 0 unspecified atom stereocenters. The van der Waals surface area contributed by atoms with E-state index in [1.54, 1.807) is 4.52 Å². The Labute approximate surface area is 129 Å². The third-order valence-electron chi connectivity index (χ3n) is 4.96. The maximum Gasteiger partial charge on any atom is 0.274 e. The minimum Gasteiger partial charge on any atom is -0.331 e. The summed E-state index contributed by atoms with van der Waals surface area (Å²) in [5.74, 6) is 0.0451. The quantitative estimate of drug-likeness (QED) is 0.760. The molecule has 0 N–H and O–H groups in total. The van der Waals surface area contributed by atoms with Crippen LogP contribution in [0.15, 0.2) is 24.3 Å². The van der Waals surface area contributed by atoms with Crippen LogP contribution < -0.4 is 0 Å². The summed E-state index contributed by atoms with van der Waals surface area (Å²) in [6.07, 6.45) is 8.52. The Morgan fingerprint density at radius 3 is 2.77 bits per heavy atom. The molecule has 0 atom stereocenters. The Hall–Kier alpha value is -2.17. The van der Waals surface area contributed by atoms with Gasteiger partial charge in [0.15, 0.2) is 11.3 Å². The molecule has 3 heterocycles. The lowest BCUT2D eigenvalue weighted by Gasteiger charge is -2.34. The van der Waals surface area contributed by atoms with E-state index in [0.29, 0.717) is 5.69 Å². The third-order valence-corrected chi connectivity index (χ3v) is 4.96. The van der Waals surface area contributed by atoms with Crippen LogP contribution in [-0.4, -0.2) is 37.5 Å². The van der Waals surface area contributed by atoms with Crippen molar-refractivity contribution in [1.29, 1.82) is 0 Å². The normalized spacial score (nSPS) is 19.6. The molecule has 5 heteroatoms. The van der Waals surface area contributed by atoms with Crippen LogP contribution in [0.25, 0.3) is 5.65 Å². The Morgan fingerprint density at radius 1 is 1.23 bits per heavy atom. The Balaban J connectivity index is 1.72. The molecule has 5 nitrogen and oxygen atoms in total. The van der Waals surface area contributed by atoms with Crippen LogP contribution in [0.2, 0.25) is 0 Å². The molecule has 4 rings (SSSR count). The number of carbonyl (C=O) groups is 1. The molecule has 0 aromatic carbocycles. The first kappa shape index (κ1) is 13.5. The van der Waals surface area contributed by atoms with Gasteiger partial charge in [-0.1, -0.05) is 12.2 Å². The lowest BCUT2D eigenvalue weighted by atomic mass is 9.93. The van der Waals surface area contributed by atoms with Crippen LogP contribution in [0, 0.1) is 13.8 Å². The lowest BCUT2D eigenvalue weighted by molar-refractivity contribution is 0.0607. The van der Waals surface area contributed by atoms with E-state index in [0.717, 1.165) is 49.3 Å². The van der Waals surface area contributed by atoms with E-state index in [9.17, 15) is 4.79 Å². The first-order valence-corrected chi connectivity index (χ1v) is 7.90. The smallest absolute Gasteiger partial charge is 0.274 e. The van der Waals surface area contributed by atoms with Gasteiger partial charge in [-0.15, -0.1) is 0 Å². The highest BCUT2D eigenvalue weighted by Crippen LogP contribution is 2.40. The van der Waals surface area contributed by atoms with Crippen LogP contribution in [0.5, 0.6) is 0 Å². The lowest BCUT2D eigenvalue weighted by Crippen LogP contribution is -2.45. The van der Waals surface area contributed by atoms with Crippen LogP contribution in [0.4, 0.5) is 0 Å². The van der Waals surface area contributed by atoms with Crippen molar-refractivity contribution in [1.82, 2.24) is 19.5 Å². The molecule has 1 amide bonds. The highest BCUT2D eigenvalue weighted by Gasteiger charge is 2.44. The van der Waals surface area contributed by atoms with Gasteiger partial charge in [-0.25, -0.2) is 9.50 Å². The van der Waals surface area contributed by atoms with Crippen LogP contribution in [-0.2, 0) is 0 Å². The van der Waals surface area contributed by atoms with Gasteiger partial charge >= 0.3 is 0 Å². The van der Waals surface area contributed by atoms with Gasteiger partial charge in [0.05, 0.1) is 5.54 Å². The van der Waals surface area contributed by atoms with Gasteiger partial charge in [0.2, 0.25) is 0 Å². The molecular formula is C17H20N4O. The number of hydrogen-bond acceptors (Lipinski definition) is 3. The summed E-state index contributed by atoms with van der Waals surface area (Å²) in [6, 6.07) is 3.79. The summed E-state index contributed by atoms with van der Waals surface area (Å²) < 4.78 is 1.76. The van der Waals surface area contributed by atoms with Gasteiger partial charge in [-0.2, -0.15) is 5.10 Å². The van der Waals surface area contributed by atoms with Crippen molar-refractivity contribution in [2.24, 2.45) is 0 Å². The van der Waals surface area contributed by atoms with Crippen molar-refractivity contribution in [3.63, 3.8) is 0 Å². The van der Waals surface area contributed by atoms with Crippen molar-refractivity contribution < 1.29 is 4.79 Å². The van der Waals surface area contributed by atoms with E-state index in [1.807, 2.05) is 30.9 Å². The topological polar surface area (TPSA) is 50.5 Å².